The highest BCUT2D eigenvalue weighted by Crippen LogP contribution is 2.17. The molecule has 0 aliphatic carbocycles. The molecule has 0 amide bonds. The van der Waals surface area contributed by atoms with Crippen LogP contribution >= 0.6 is 0 Å². The maximum Gasteiger partial charge on any atom is 0.331 e. The van der Waals surface area contributed by atoms with E-state index in [0.717, 1.165) is 12.2 Å². The van der Waals surface area contributed by atoms with E-state index in [9.17, 15) is 14.4 Å². The van der Waals surface area contributed by atoms with Gasteiger partial charge < -0.3 is 15.3 Å². The van der Waals surface area contributed by atoms with E-state index in [-0.39, 0.29) is 16.7 Å². The second-order valence-corrected chi connectivity index (χ2v) is 3.67. The van der Waals surface area contributed by atoms with Crippen LogP contribution in [0.1, 0.15) is 13.8 Å². The summed E-state index contributed by atoms with van der Waals surface area (Å²) in [6.45, 7) is 5.88. The Morgan fingerprint density at radius 2 is 1.22 bits per heavy atom. The minimum Gasteiger partial charge on any atom is -0.478 e. The third kappa shape index (κ3) is 4.65. The number of carboxylic acids is 3. The van der Waals surface area contributed by atoms with Crippen molar-refractivity contribution in [2.75, 3.05) is 0 Å². The molecule has 0 aliphatic heterocycles. The Kier molecular flexibility index (Phi) is 5.55. The van der Waals surface area contributed by atoms with Crippen molar-refractivity contribution in [3.05, 3.63) is 35.5 Å². The Morgan fingerprint density at radius 3 is 1.44 bits per heavy atom. The zero-order valence-corrected chi connectivity index (χ0v) is 10.0. The van der Waals surface area contributed by atoms with Gasteiger partial charge >= 0.3 is 17.9 Å². The van der Waals surface area contributed by atoms with Gasteiger partial charge in [0.15, 0.2) is 0 Å². The summed E-state index contributed by atoms with van der Waals surface area (Å²) in [5, 5.41) is 26.2. The molecule has 0 rings (SSSR count). The van der Waals surface area contributed by atoms with Gasteiger partial charge in [0.05, 0.1) is 0 Å². The average Bonchev–Trinajstić information content (AvgIpc) is 2.26. The first-order valence-corrected chi connectivity index (χ1v) is 4.92. The summed E-state index contributed by atoms with van der Waals surface area (Å²) in [6.07, 6.45) is 2.29. The maximum absolute atomic E-state index is 10.8. The number of allylic oxidation sites excluding steroid dienone is 2. The summed E-state index contributed by atoms with van der Waals surface area (Å²) in [6, 6.07) is 0. The van der Waals surface area contributed by atoms with Gasteiger partial charge in [-0.25, -0.2) is 14.4 Å². The Hall–Kier alpha value is -2.37. The van der Waals surface area contributed by atoms with Gasteiger partial charge in [0.25, 0.3) is 0 Å². The van der Waals surface area contributed by atoms with Crippen molar-refractivity contribution in [3.8, 4) is 0 Å². The van der Waals surface area contributed by atoms with Crippen LogP contribution in [0, 0.1) is 5.92 Å². The van der Waals surface area contributed by atoms with Crippen molar-refractivity contribution in [3.63, 3.8) is 0 Å². The summed E-state index contributed by atoms with van der Waals surface area (Å²) in [4.78, 5) is 32.1. The topological polar surface area (TPSA) is 112 Å². The number of aliphatic carboxylic acids is 3. The molecule has 0 spiro atoms. The van der Waals surface area contributed by atoms with Gasteiger partial charge in [-0.05, 0) is 13.8 Å². The smallest absolute Gasteiger partial charge is 0.331 e. The van der Waals surface area contributed by atoms with E-state index < -0.39 is 23.8 Å². The van der Waals surface area contributed by atoms with Crippen LogP contribution in [0.15, 0.2) is 35.5 Å². The van der Waals surface area contributed by atoms with Gasteiger partial charge in [-0.1, -0.05) is 18.7 Å². The Morgan fingerprint density at radius 1 is 0.889 bits per heavy atom. The molecule has 0 atom stereocenters. The lowest BCUT2D eigenvalue weighted by atomic mass is 9.95. The fourth-order valence-corrected chi connectivity index (χ4v) is 1.07. The lowest BCUT2D eigenvalue weighted by molar-refractivity contribution is -0.134. The maximum atomic E-state index is 10.8. The van der Waals surface area contributed by atoms with Gasteiger partial charge in [-0.15, -0.1) is 0 Å². The molecule has 0 aromatic carbocycles. The molecule has 3 N–H and O–H groups in total. The lowest BCUT2D eigenvalue weighted by Gasteiger charge is -2.09. The van der Waals surface area contributed by atoms with Gasteiger partial charge in [0.2, 0.25) is 0 Å². The Bertz CT molecular complexity index is 425. The largest absolute Gasteiger partial charge is 0.478 e. The summed E-state index contributed by atoms with van der Waals surface area (Å²) in [7, 11) is 0. The van der Waals surface area contributed by atoms with Gasteiger partial charge in [-0.3, -0.25) is 0 Å². The van der Waals surface area contributed by atoms with E-state index in [1.807, 2.05) is 0 Å². The molecule has 0 bridgehead atoms. The van der Waals surface area contributed by atoms with Crippen LogP contribution < -0.4 is 0 Å². The molecule has 0 aromatic heterocycles. The second-order valence-electron chi connectivity index (χ2n) is 3.67. The Balaban J connectivity index is 5.47. The molecule has 0 fully saturated rings. The third-order valence-electron chi connectivity index (χ3n) is 2.21. The molecule has 6 nitrogen and oxygen atoms in total. The molecular formula is C12H14O6. The highest BCUT2D eigenvalue weighted by atomic mass is 16.4. The summed E-state index contributed by atoms with van der Waals surface area (Å²) in [5.74, 6) is -4.71. The molecule has 18 heavy (non-hydrogen) atoms. The van der Waals surface area contributed by atoms with Crippen LogP contribution in [-0.4, -0.2) is 33.2 Å². The average molecular weight is 254 g/mol. The fourth-order valence-electron chi connectivity index (χ4n) is 1.07. The van der Waals surface area contributed by atoms with Crippen molar-refractivity contribution in [2.24, 2.45) is 5.92 Å². The van der Waals surface area contributed by atoms with E-state index in [2.05, 4.69) is 6.58 Å². The summed E-state index contributed by atoms with van der Waals surface area (Å²) >= 11 is 0. The van der Waals surface area contributed by atoms with E-state index >= 15 is 0 Å². The highest BCUT2D eigenvalue weighted by Gasteiger charge is 2.17. The number of hydrogen-bond acceptors (Lipinski definition) is 3. The first-order chi connectivity index (χ1) is 8.16. The molecule has 0 aromatic rings. The number of rotatable bonds is 6. The van der Waals surface area contributed by atoms with Crippen LogP contribution in [0.3, 0.4) is 0 Å². The quantitative estimate of drug-likeness (QED) is 0.616. The lowest BCUT2D eigenvalue weighted by Crippen LogP contribution is -2.11. The number of hydrogen-bond donors (Lipinski definition) is 3. The zero-order valence-electron chi connectivity index (χ0n) is 10.0. The van der Waals surface area contributed by atoms with Crippen LogP contribution in [-0.2, 0) is 14.4 Å². The minimum atomic E-state index is -1.32. The Labute approximate surface area is 104 Å². The number of carbonyl (C=O) groups is 3. The van der Waals surface area contributed by atoms with Crippen LogP contribution in [0.25, 0.3) is 0 Å². The number of carboxylic acid groups (broad SMARTS) is 3. The molecule has 0 radical (unpaired) electrons. The normalized spacial score (nSPS) is 13.9. The minimum absolute atomic E-state index is 0.0863. The van der Waals surface area contributed by atoms with Gasteiger partial charge in [0.1, 0.15) is 0 Å². The van der Waals surface area contributed by atoms with Gasteiger partial charge in [0, 0.05) is 22.6 Å². The van der Waals surface area contributed by atoms with Crippen LogP contribution in [0.5, 0.6) is 0 Å². The van der Waals surface area contributed by atoms with Gasteiger partial charge in [-0.2, -0.15) is 0 Å². The first kappa shape index (κ1) is 15.6. The van der Waals surface area contributed by atoms with E-state index in [4.69, 9.17) is 15.3 Å². The zero-order chi connectivity index (χ0) is 14.5. The second kappa shape index (κ2) is 6.39. The van der Waals surface area contributed by atoms with Crippen molar-refractivity contribution >= 4 is 17.9 Å². The highest BCUT2D eigenvalue weighted by molar-refractivity contribution is 5.91. The molecule has 0 saturated carbocycles. The fraction of sp³-hybridized carbons (Fsp3) is 0.250. The van der Waals surface area contributed by atoms with E-state index in [1.165, 1.54) is 13.8 Å². The summed E-state index contributed by atoms with van der Waals surface area (Å²) in [5.41, 5.74) is -0.468. The molecule has 0 heterocycles. The van der Waals surface area contributed by atoms with Crippen molar-refractivity contribution in [1.82, 2.24) is 0 Å². The predicted molar refractivity (Wildman–Crippen MR) is 63.1 cm³/mol. The molecule has 98 valence electrons. The SMILES string of the molecule is C=C(C(=O)O)C(C=C(C)C(=O)O)C=C(C)C(=O)O. The molecule has 6 heteroatoms. The van der Waals surface area contributed by atoms with E-state index in [0.29, 0.717) is 0 Å². The standard InChI is InChI=1S/C12H14O6/c1-6(10(13)14)4-9(8(3)12(17)18)5-7(2)11(15)16/h4-5,9H,3H2,1-2H3,(H,13,14)(H,15,16)(H,17,18). The molecular weight excluding hydrogens is 240 g/mol. The predicted octanol–water partition coefficient (Wildman–Crippen LogP) is 1.31. The third-order valence-corrected chi connectivity index (χ3v) is 2.21. The first-order valence-electron chi connectivity index (χ1n) is 4.92. The molecule has 0 unspecified atom stereocenters. The van der Waals surface area contributed by atoms with Crippen molar-refractivity contribution in [1.29, 1.82) is 0 Å². The van der Waals surface area contributed by atoms with E-state index in [1.54, 1.807) is 0 Å². The molecule has 0 saturated heterocycles. The van der Waals surface area contributed by atoms with Crippen LogP contribution in [0.2, 0.25) is 0 Å². The summed E-state index contributed by atoms with van der Waals surface area (Å²) < 4.78 is 0. The van der Waals surface area contributed by atoms with Crippen LogP contribution in [0.4, 0.5) is 0 Å². The van der Waals surface area contributed by atoms with Crippen molar-refractivity contribution < 1.29 is 29.7 Å². The monoisotopic (exact) mass is 254 g/mol. The van der Waals surface area contributed by atoms with Crippen molar-refractivity contribution in [2.45, 2.75) is 13.8 Å². The molecule has 0 aliphatic rings.